The number of likely N-dealkylation sites (N-methyl/N-ethyl adjacent to an activating group) is 1. The van der Waals surface area contributed by atoms with E-state index >= 15 is 0 Å². The molecule has 7 heteroatoms. The molecule has 7 nitrogen and oxygen atoms in total. The van der Waals surface area contributed by atoms with Gasteiger partial charge >= 0.3 is 6.09 Å². The Morgan fingerprint density at radius 3 is 2.08 bits per heavy atom. The minimum absolute atomic E-state index is 0.136. The lowest BCUT2D eigenvalue weighted by atomic mass is 9.83. The number of nitrogens with one attached hydrogen (secondary N) is 3. The van der Waals surface area contributed by atoms with E-state index in [4.69, 9.17) is 4.74 Å². The number of alkyl carbamates (subject to hydrolysis) is 1. The molecule has 1 aliphatic rings. The van der Waals surface area contributed by atoms with Crippen LogP contribution >= 0.6 is 0 Å². The molecule has 1 aliphatic carbocycles. The summed E-state index contributed by atoms with van der Waals surface area (Å²) >= 11 is 0. The first-order valence-electron chi connectivity index (χ1n) is 8.65. The maximum Gasteiger partial charge on any atom is 0.408 e. The third-order valence-electron chi connectivity index (χ3n) is 4.07. The number of rotatable bonds is 5. The van der Waals surface area contributed by atoms with Crippen LogP contribution in [0, 0.1) is 5.92 Å². The van der Waals surface area contributed by atoms with E-state index in [-0.39, 0.29) is 17.7 Å². The highest BCUT2D eigenvalue weighted by Gasteiger charge is 2.32. The lowest BCUT2D eigenvalue weighted by Crippen LogP contribution is -2.55. The van der Waals surface area contributed by atoms with Gasteiger partial charge in [0.25, 0.3) is 0 Å². The molecular weight excluding hydrogens is 310 g/mol. The first kappa shape index (κ1) is 20.3. The van der Waals surface area contributed by atoms with Gasteiger partial charge in [-0.15, -0.1) is 0 Å². The van der Waals surface area contributed by atoms with E-state index in [1.165, 1.54) is 6.42 Å². The van der Waals surface area contributed by atoms with E-state index in [0.29, 0.717) is 0 Å². The highest BCUT2D eigenvalue weighted by Crippen LogP contribution is 2.26. The molecule has 1 saturated carbocycles. The maximum absolute atomic E-state index is 12.4. The number of ether oxygens (including phenoxy) is 1. The quantitative estimate of drug-likeness (QED) is 0.709. The molecule has 24 heavy (non-hydrogen) atoms. The molecule has 0 spiro atoms. The molecule has 1 rings (SSSR count). The zero-order valence-corrected chi connectivity index (χ0v) is 15.4. The van der Waals surface area contributed by atoms with Crippen LogP contribution in [0.15, 0.2) is 0 Å². The van der Waals surface area contributed by atoms with E-state index in [0.717, 1.165) is 25.7 Å². The Labute approximate surface area is 144 Å². The van der Waals surface area contributed by atoms with Crippen LogP contribution < -0.4 is 16.0 Å². The smallest absolute Gasteiger partial charge is 0.408 e. The van der Waals surface area contributed by atoms with E-state index in [9.17, 15) is 14.4 Å². The molecule has 1 unspecified atom stereocenters. The summed E-state index contributed by atoms with van der Waals surface area (Å²) in [7, 11) is 1.56. The molecule has 0 aromatic carbocycles. The number of carbonyl (C=O) groups excluding carboxylic acids is 3. The summed E-state index contributed by atoms with van der Waals surface area (Å²) in [6.45, 7) is 6.83. The van der Waals surface area contributed by atoms with Gasteiger partial charge in [0.15, 0.2) is 0 Å². The third kappa shape index (κ3) is 6.76. The second-order valence-electron chi connectivity index (χ2n) is 7.37. The average Bonchev–Trinajstić information content (AvgIpc) is 2.50. The number of hydrogen-bond donors (Lipinski definition) is 3. The summed E-state index contributed by atoms with van der Waals surface area (Å²) in [5, 5.41) is 7.89. The summed E-state index contributed by atoms with van der Waals surface area (Å²) < 4.78 is 5.14. The van der Waals surface area contributed by atoms with Gasteiger partial charge in [-0.05, 0) is 46.5 Å². The van der Waals surface area contributed by atoms with Gasteiger partial charge in [0.05, 0.1) is 0 Å². The zero-order chi connectivity index (χ0) is 18.3. The summed E-state index contributed by atoms with van der Waals surface area (Å²) in [6.07, 6.45) is 4.50. The monoisotopic (exact) mass is 341 g/mol. The summed E-state index contributed by atoms with van der Waals surface area (Å²) in [5.74, 6) is -0.448. The Balaban J connectivity index is 2.63. The van der Waals surface area contributed by atoms with Crippen LogP contribution in [0.1, 0.15) is 59.8 Å². The van der Waals surface area contributed by atoms with Crippen molar-refractivity contribution in [3.8, 4) is 0 Å². The van der Waals surface area contributed by atoms with Gasteiger partial charge in [-0.3, -0.25) is 9.59 Å². The molecule has 0 radical (unpaired) electrons. The van der Waals surface area contributed by atoms with Gasteiger partial charge in [-0.2, -0.15) is 0 Å². The molecule has 0 aromatic rings. The molecule has 0 aromatic heterocycles. The number of carbonyl (C=O) groups is 3. The Kier molecular flexibility index (Phi) is 7.51. The van der Waals surface area contributed by atoms with Crippen LogP contribution in [-0.4, -0.2) is 42.6 Å². The van der Waals surface area contributed by atoms with Crippen molar-refractivity contribution in [3.63, 3.8) is 0 Å². The van der Waals surface area contributed by atoms with Crippen molar-refractivity contribution in [2.45, 2.75) is 77.5 Å². The Bertz CT molecular complexity index is 453. The van der Waals surface area contributed by atoms with Crippen molar-refractivity contribution < 1.29 is 19.1 Å². The molecule has 3 N–H and O–H groups in total. The second kappa shape index (κ2) is 8.89. The fourth-order valence-electron chi connectivity index (χ4n) is 2.85. The van der Waals surface area contributed by atoms with Gasteiger partial charge in [-0.1, -0.05) is 19.3 Å². The largest absolute Gasteiger partial charge is 0.444 e. The maximum atomic E-state index is 12.4. The number of hydrogen-bond acceptors (Lipinski definition) is 4. The summed E-state index contributed by atoms with van der Waals surface area (Å²) in [6, 6.07) is -1.35. The first-order valence-corrected chi connectivity index (χ1v) is 8.65. The fraction of sp³-hybridized carbons (Fsp3) is 0.824. The van der Waals surface area contributed by atoms with E-state index in [2.05, 4.69) is 16.0 Å². The minimum atomic E-state index is -0.782. The van der Waals surface area contributed by atoms with E-state index in [1.54, 1.807) is 34.7 Å². The summed E-state index contributed by atoms with van der Waals surface area (Å²) in [5.41, 5.74) is -0.632. The summed E-state index contributed by atoms with van der Waals surface area (Å²) in [4.78, 5) is 36.3. The van der Waals surface area contributed by atoms with Gasteiger partial charge in [0.1, 0.15) is 17.7 Å². The number of amides is 3. The van der Waals surface area contributed by atoms with Crippen molar-refractivity contribution >= 4 is 17.9 Å². The highest BCUT2D eigenvalue weighted by atomic mass is 16.6. The van der Waals surface area contributed by atoms with E-state index < -0.39 is 23.8 Å². The van der Waals surface area contributed by atoms with Crippen molar-refractivity contribution in [3.05, 3.63) is 0 Å². The van der Waals surface area contributed by atoms with Crippen molar-refractivity contribution in [2.75, 3.05) is 7.05 Å². The Morgan fingerprint density at radius 1 is 1.00 bits per heavy atom. The molecular formula is C17H31N3O4. The predicted molar refractivity (Wildman–Crippen MR) is 91.4 cm³/mol. The van der Waals surface area contributed by atoms with Gasteiger partial charge < -0.3 is 20.7 Å². The Hall–Kier alpha value is -1.79. The van der Waals surface area contributed by atoms with Gasteiger partial charge in [0.2, 0.25) is 11.8 Å². The topological polar surface area (TPSA) is 96.5 Å². The average molecular weight is 341 g/mol. The van der Waals surface area contributed by atoms with Gasteiger partial charge in [-0.25, -0.2) is 4.79 Å². The SMILES string of the molecule is CNC(=O)C(NC(=O)[C@H](C)NC(=O)OC(C)(C)C)C1CCCCC1. The third-order valence-corrected chi connectivity index (χ3v) is 4.07. The second-order valence-corrected chi connectivity index (χ2v) is 7.37. The van der Waals surface area contributed by atoms with Gasteiger partial charge in [0, 0.05) is 7.05 Å². The van der Waals surface area contributed by atoms with Crippen molar-refractivity contribution in [1.29, 1.82) is 0 Å². The lowest BCUT2D eigenvalue weighted by molar-refractivity contribution is -0.131. The van der Waals surface area contributed by atoms with Crippen LogP contribution in [0.2, 0.25) is 0 Å². The lowest BCUT2D eigenvalue weighted by Gasteiger charge is -2.30. The van der Waals surface area contributed by atoms with Crippen LogP contribution in [-0.2, 0) is 14.3 Å². The fourth-order valence-corrected chi connectivity index (χ4v) is 2.85. The van der Waals surface area contributed by atoms with Crippen LogP contribution in [0.25, 0.3) is 0 Å². The van der Waals surface area contributed by atoms with E-state index in [1.807, 2.05) is 0 Å². The predicted octanol–water partition coefficient (Wildman–Crippen LogP) is 1.71. The molecule has 138 valence electrons. The van der Waals surface area contributed by atoms with Crippen LogP contribution in [0.5, 0.6) is 0 Å². The molecule has 0 heterocycles. The standard InChI is InChI=1S/C17H31N3O4/c1-11(19-16(23)24-17(2,3)4)14(21)20-13(15(22)18-5)12-9-7-6-8-10-12/h11-13H,6-10H2,1-5H3,(H,18,22)(H,19,23)(H,20,21)/t11-,13?/m0/s1. The normalized spacial score (nSPS) is 18.2. The first-order chi connectivity index (χ1) is 11.1. The Morgan fingerprint density at radius 2 is 1.58 bits per heavy atom. The van der Waals surface area contributed by atoms with Crippen LogP contribution in [0.4, 0.5) is 4.79 Å². The van der Waals surface area contributed by atoms with Crippen molar-refractivity contribution in [1.82, 2.24) is 16.0 Å². The highest BCUT2D eigenvalue weighted by molar-refractivity contribution is 5.91. The van der Waals surface area contributed by atoms with Crippen molar-refractivity contribution in [2.24, 2.45) is 5.92 Å². The van der Waals surface area contributed by atoms with Crippen LogP contribution in [0.3, 0.4) is 0 Å². The molecule has 1 fully saturated rings. The minimum Gasteiger partial charge on any atom is -0.444 e. The zero-order valence-electron chi connectivity index (χ0n) is 15.4. The molecule has 3 amide bonds. The molecule has 0 aliphatic heterocycles. The molecule has 0 bridgehead atoms. The molecule has 2 atom stereocenters. The molecule has 0 saturated heterocycles.